The van der Waals surface area contributed by atoms with Gasteiger partial charge in [-0.1, -0.05) is 0 Å². The van der Waals surface area contributed by atoms with Crippen LogP contribution in [0.4, 0.5) is 0 Å². The lowest BCUT2D eigenvalue weighted by Crippen LogP contribution is -2.26. The Bertz CT molecular complexity index is 455. The first-order valence-electron chi connectivity index (χ1n) is 5.55. The number of carboxylic acid groups (broad SMARTS) is 1. The maximum Gasteiger partial charge on any atom is 0.309 e. The highest BCUT2D eigenvalue weighted by Crippen LogP contribution is 2.36. The van der Waals surface area contributed by atoms with E-state index in [0.717, 1.165) is 12.1 Å². The summed E-state index contributed by atoms with van der Waals surface area (Å²) in [5.41, 5.74) is 0.785. The molecule has 6 nitrogen and oxygen atoms in total. The summed E-state index contributed by atoms with van der Waals surface area (Å²) in [6, 6.07) is -0.403. The third-order valence-electron chi connectivity index (χ3n) is 3.22. The first kappa shape index (κ1) is 11.6. The summed E-state index contributed by atoms with van der Waals surface area (Å²) >= 11 is 0. The number of aryl methyl sites for hydroxylation is 1. The van der Waals surface area contributed by atoms with Crippen molar-refractivity contribution in [3.63, 3.8) is 0 Å². The number of nitrogens with zero attached hydrogens (tertiary/aromatic N) is 3. The van der Waals surface area contributed by atoms with Gasteiger partial charge in [0, 0.05) is 31.8 Å². The van der Waals surface area contributed by atoms with Gasteiger partial charge in [0.2, 0.25) is 5.91 Å². The smallest absolute Gasteiger partial charge is 0.309 e. The van der Waals surface area contributed by atoms with Gasteiger partial charge in [-0.15, -0.1) is 0 Å². The summed E-state index contributed by atoms with van der Waals surface area (Å²) in [6.07, 6.45) is 3.50. The van der Waals surface area contributed by atoms with Gasteiger partial charge in [-0.05, 0) is 6.92 Å². The minimum Gasteiger partial charge on any atom is -0.481 e. The van der Waals surface area contributed by atoms with E-state index in [0.29, 0.717) is 0 Å². The molecule has 1 saturated heterocycles. The first-order chi connectivity index (χ1) is 8.04. The SMILES string of the molecule is CCn1cc(C2C(C(=O)O)CC(=O)N2C)cn1. The fourth-order valence-corrected chi connectivity index (χ4v) is 2.25. The Hall–Kier alpha value is -1.85. The highest BCUT2D eigenvalue weighted by Gasteiger charge is 2.43. The lowest BCUT2D eigenvalue weighted by molar-refractivity contribution is -0.142. The van der Waals surface area contributed by atoms with Crippen molar-refractivity contribution in [2.75, 3.05) is 7.05 Å². The third-order valence-corrected chi connectivity index (χ3v) is 3.22. The highest BCUT2D eigenvalue weighted by atomic mass is 16.4. The molecule has 92 valence electrons. The van der Waals surface area contributed by atoms with Crippen LogP contribution in [0.2, 0.25) is 0 Å². The number of aromatic nitrogens is 2. The summed E-state index contributed by atoms with van der Waals surface area (Å²) in [5.74, 6) is -1.74. The van der Waals surface area contributed by atoms with Gasteiger partial charge in [0.15, 0.2) is 0 Å². The van der Waals surface area contributed by atoms with Crippen LogP contribution in [-0.2, 0) is 16.1 Å². The van der Waals surface area contributed by atoms with Gasteiger partial charge < -0.3 is 10.0 Å². The highest BCUT2D eigenvalue weighted by molar-refractivity contribution is 5.87. The molecule has 17 heavy (non-hydrogen) atoms. The van der Waals surface area contributed by atoms with Gasteiger partial charge in [0.25, 0.3) is 0 Å². The second-order valence-corrected chi connectivity index (χ2v) is 4.23. The number of carboxylic acids is 1. The quantitative estimate of drug-likeness (QED) is 0.831. The van der Waals surface area contributed by atoms with Crippen LogP contribution in [0.5, 0.6) is 0 Å². The summed E-state index contributed by atoms with van der Waals surface area (Å²) in [6.45, 7) is 2.68. The molecule has 2 atom stereocenters. The average molecular weight is 237 g/mol. The van der Waals surface area contributed by atoms with Crippen LogP contribution in [0.15, 0.2) is 12.4 Å². The van der Waals surface area contributed by atoms with Gasteiger partial charge in [-0.3, -0.25) is 14.3 Å². The normalized spacial score (nSPS) is 24.4. The van der Waals surface area contributed by atoms with Crippen LogP contribution in [-0.4, -0.2) is 38.7 Å². The van der Waals surface area contributed by atoms with Crippen molar-refractivity contribution in [1.82, 2.24) is 14.7 Å². The van der Waals surface area contributed by atoms with Crippen LogP contribution in [0.1, 0.15) is 24.9 Å². The number of aliphatic carboxylic acids is 1. The monoisotopic (exact) mass is 237 g/mol. The van der Waals surface area contributed by atoms with Crippen LogP contribution < -0.4 is 0 Å². The van der Waals surface area contributed by atoms with Crippen molar-refractivity contribution in [2.24, 2.45) is 5.92 Å². The molecule has 6 heteroatoms. The van der Waals surface area contributed by atoms with Crippen molar-refractivity contribution in [1.29, 1.82) is 0 Å². The molecule has 1 aliphatic heterocycles. The van der Waals surface area contributed by atoms with E-state index >= 15 is 0 Å². The molecule has 0 aliphatic carbocycles. The van der Waals surface area contributed by atoms with Crippen LogP contribution in [0, 0.1) is 5.92 Å². The van der Waals surface area contributed by atoms with Crippen molar-refractivity contribution in [2.45, 2.75) is 25.9 Å². The molecule has 0 radical (unpaired) electrons. The summed E-state index contributed by atoms with van der Waals surface area (Å²) in [5, 5.41) is 13.3. The van der Waals surface area contributed by atoms with E-state index in [4.69, 9.17) is 5.11 Å². The minimum absolute atomic E-state index is 0.0633. The Morgan fingerprint density at radius 3 is 2.88 bits per heavy atom. The Balaban J connectivity index is 2.33. The molecule has 2 unspecified atom stereocenters. The number of amides is 1. The zero-order chi connectivity index (χ0) is 12.6. The standard InChI is InChI=1S/C11H15N3O3/c1-3-14-6-7(5-12-14)10-8(11(16)17)4-9(15)13(10)2/h5-6,8,10H,3-4H2,1-2H3,(H,16,17). The molecule has 1 aliphatic rings. The molecular formula is C11H15N3O3. The molecule has 1 aromatic heterocycles. The molecular weight excluding hydrogens is 222 g/mol. The Morgan fingerprint density at radius 2 is 2.35 bits per heavy atom. The van der Waals surface area contributed by atoms with E-state index < -0.39 is 17.9 Å². The number of rotatable bonds is 3. The molecule has 1 N–H and O–H groups in total. The Morgan fingerprint density at radius 1 is 1.65 bits per heavy atom. The van der Waals surface area contributed by atoms with Crippen LogP contribution >= 0.6 is 0 Å². The van der Waals surface area contributed by atoms with Gasteiger partial charge in [-0.2, -0.15) is 5.10 Å². The number of hydrogen-bond acceptors (Lipinski definition) is 3. The molecule has 0 aromatic carbocycles. The molecule has 0 saturated carbocycles. The summed E-state index contributed by atoms with van der Waals surface area (Å²) < 4.78 is 1.73. The van der Waals surface area contributed by atoms with Gasteiger partial charge in [-0.25, -0.2) is 0 Å². The average Bonchev–Trinajstić information content (AvgIpc) is 2.85. The van der Waals surface area contributed by atoms with Crippen molar-refractivity contribution < 1.29 is 14.7 Å². The topological polar surface area (TPSA) is 75.4 Å². The lowest BCUT2D eigenvalue weighted by atomic mass is 9.96. The molecule has 0 bridgehead atoms. The van der Waals surface area contributed by atoms with Gasteiger partial charge in [0.1, 0.15) is 0 Å². The Kier molecular flexibility index (Phi) is 2.87. The Labute approximate surface area is 98.8 Å². The van der Waals surface area contributed by atoms with E-state index in [2.05, 4.69) is 5.10 Å². The molecule has 2 heterocycles. The molecule has 1 amide bonds. The summed E-state index contributed by atoms with van der Waals surface area (Å²) in [4.78, 5) is 24.2. The fraction of sp³-hybridized carbons (Fsp3) is 0.545. The molecule has 1 fully saturated rings. The van der Waals surface area contributed by atoms with Gasteiger partial charge >= 0.3 is 5.97 Å². The van der Waals surface area contributed by atoms with Crippen molar-refractivity contribution in [3.05, 3.63) is 18.0 Å². The number of carbonyl (C=O) groups excluding carboxylic acids is 1. The van der Waals surface area contributed by atoms with Gasteiger partial charge in [0.05, 0.1) is 18.2 Å². The maximum atomic E-state index is 11.6. The molecule has 2 rings (SSSR count). The number of hydrogen-bond donors (Lipinski definition) is 1. The van der Waals surface area contributed by atoms with E-state index in [1.807, 2.05) is 6.92 Å². The fourth-order valence-electron chi connectivity index (χ4n) is 2.25. The predicted octanol–water partition coefficient (Wildman–Crippen LogP) is 0.507. The van der Waals surface area contributed by atoms with Crippen LogP contribution in [0.3, 0.4) is 0 Å². The lowest BCUT2D eigenvalue weighted by Gasteiger charge is -2.21. The van der Waals surface area contributed by atoms with Crippen LogP contribution in [0.25, 0.3) is 0 Å². The van der Waals surface area contributed by atoms with Crippen molar-refractivity contribution >= 4 is 11.9 Å². The van der Waals surface area contributed by atoms with E-state index in [9.17, 15) is 9.59 Å². The second kappa shape index (κ2) is 4.20. The number of carbonyl (C=O) groups is 2. The zero-order valence-corrected chi connectivity index (χ0v) is 9.83. The predicted molar refractivity (Wildman–Crippen MR) is 59.2 cm³/mol. The third kappa shape index (κ3) is 1.90. The largest absolute Gasteiger partial charge is 0.481 e. The maximum absolute atomic E-state index is 11.6. The first-order valence-corrected chi connectivity index (χ1v) is 5.55. The van der Waals surface area contributed by atoms with E-state index in [-0.39, 0.29) is 12.3 Å². The molecule has 1 aromatic rings. The van der Waals surface area contributed by atoms with Crippen molar-refractivity contribution in [3.8, 4) is 0 Å². The molecule has 0 spiro atoms. The number of likely N-dealkylation sites (tertiary alicyclic amines) is 1. The second-order valence-electron chi connectivity index (χ2n) is 4.23. The summed E-state index contributed by atoms with van der Waals surface area (Å²) in [7, 11) is 1.64. The van der Waals surface area contributed by atoms with E-state index in [1.165, 1.54) is 4.90 Å². The minimum atomic E-state index is -0.933. The zero-order valence-electron chi connectivity index (χ0n) is 9.83. The van der Waals surface area contributed by atoms with E-state index in [1.54, 1.807) is 24.1 Å².